The Bertz CT molecular complexity index is 2650. The molecule has 0 unspecified atom stereocenters. The van der Waals surface area contributed by atoms with Crippen LogP contribution in [0.3, 0.4) is 0 Å². The molecule has 0 bridgehead atoms. The fourth-order valence-corrected chi connectivity index (χ4v) is 9.78. The molecule has 45 heavy (non-hydrogen) atoms. The monoisotopic (exact) mass is 607 g/mol. The van der Waals surface area contributed by atoms with Gasteiger partial charge in [-0.05, 0) is 79.8 Å². The first-order valence-electron chi connectivity index (χ1n) is 15.3. The van der Waals surface area contributed by atoms with Gasteiger partial charge in [-0.25, -0.2) is 0 Å². The van der Waals surface area contributed by atoms with Gasteiger partial charge in [0.15, 0.2) is 0 Å². The van der Waals surface area contributed by atoms with E-state index in [2.05, 4.69) is 156 Å². The van der Waals surface area contributed by atoms with Crippen molar-refractivity contribution < 1.29 is 0 Å². The molecule has 1 nitrogen and oxygen atoms in total. The van der Waals surface area contributed by atoms with Gasteiger partial charge in [0.05, 0.1) is 15.9 Å². The highest BCUT2D eigenvalue weighted by molar-refractivity contribution is 8.05. The van der Waals surface area contributed by atoms with Crippen molar-refractivity contribution in [3.8, 4) is 16.8 Å². The minimum Gasteiger partial charge on any atom is -0.308 e. The molecule has 0 saturated heterocycles. The molecule has 0 fully saturated rings. The van der Waals surface area contributed by atoms with Gasteiger partial charge in [0.25, 0.3) is 0 Å². The van der Waals surface area contributed by atoms with Crippen molar-refractivity contribution in [2.24, 2.45) is 0 Å². The van der Waals surface area contributed by atoms with Gasteiger partial charge in [-0.1, -0.05) is 139 Å². The summed E-state index contributed by atoms with van der Waals surface area (Å²) in [5.41, 5.74) is 6.20. The Morgan fingerprint density at radius 3 is 1.78 bits per heavy atom. The molecule has 9 aromatic rings. The molecule has 0 amide bonds. The summed E-state index contributed by atoms with van der Waals surface area (Å²) in [4.78, 5) is 5.34. The van der Waals surface area contributed by atoms with E-state index in [9.17, 15) is 0 Å². The van der Waals surface area contributed by atoms with Crippen LogP contribution in [-0.4, -0.2) is 4.57 Å². The van der Waals surface area contributed by atoms with Crippen LogP contribution >= 0.6 is 23.5 Å². The summed E-state index contributed by atoms with van der Waals surface area (Å²) in [6.45, 7) is 0. The average molecular weight is 608 g/mol. The lowest BCUT2D eigenvalue weighted by Crippen LogP contribution is -1.99. The Labute approximate surface area is 269 Å². The molecule has 3 heteroatoms. The molecule has 210 valence electrons. The highest BCUT2D eigenvalue weighted by Crippen LogP contribution is 2.55. The summed E-state index contributed by atoms with van der Waals surface area (Å²) >= 11 is 3.82. The van der Waals surface area contributed by atoms with Gasteiger partial charge < -0.3 is 4.57 Å². The van der Waals surface area contributed by atoms with Gasteiger partial charge in [0, 0.05) is 31.1 Å². The molecule has 0 spiro atoms. The summed E-state index contributed by atoms with van der Waals surface area (Å²) in [7, 11) is 0. The summed E-state index contributed by atoms with van der Waals surface area (Å²) in [6, 6.07) is 55.7. The quantitative estimate of drug-likeness (QED) is 0.180. The van der Waals surface area contributed by atoms with Crippen LogP contribution in [0.15, 0.2) is 171 Å². The van der Waals surface area contributed by atoms with Crippen molar-refractivity contribution in [2.45, 2.75) is 19.6 Å². The molecule has 1 aromatic heterocycles. The van der Waals surface area contributed by atoms with Gasteiger partial charge in [-0.3, -0.25) is 0 Å². The molecule has 1 aliphatic rings. The zero-order valence-corrected chi connectivity index (χ0v) is 25.8. The largest absolute Gasteiger partial charge is 0.308 e. The van der Waals surface area contributed by atoms with Crippen LogP contribution in [-0.2, 0) is 0 Å². The van der Waals surface area contributed by atoms with Gasteiger partial charge in [-0.2, -0.15) is 0 Å². The van der Waals surface area contributed by atoms with Crippen LogP contribution in [0.25, 0.3) is 70.9 Å². The lowest BCUT2D eigenvalue weighted by atomic mass is 9.93. The zero-order chi connectivity index (χ0) is 29.5. The smallest absolute Gasteiger partial charge is 0.0698 e. The molecule has 0 saturated carbocycles. The molecule has 8 aromatic carbocycles. The van der Waals surface area contributed by atoms with E-state index in [1.54, 1.807) is 0 Å². The van der Waals surface area contributed by atoms with Gasteiger partial charge >= 0.3 is 0 Å². The first-order valence-corrected chi connectivity index (χ1v) is 16.9. The number of para-hydroxylation sites is 1. The van der Waals surface area contributed by atoms with E-state index in [-0.39, 0.29) is 0 Å². The fourth-order valence-electron chi connectivity index (χ4n) is 7.24. The fraction of sp³-hybridized carbons (Fsp3) is 0. The predicted octanol–water partition coefficient (Wildman–Crippen LogP) is 12.5. The third kappa shape index (κ3) is 3.72. The molecule has 0 aliphatic carbocycles. The van der Waals surface area contributed by atoms with Crippen LogP contribution < -0.4 is 0 Å². The summed E-state index contributed by atoms with van der Waals surface area (Å²) in [5.74, 6) is 0. The number of benzene rings is 8. The van der Waals surface area contributed by atoms with E-state index >= 15 is 0 Å². The third-order valence-corrected chi connectivity index (χ3v) is 11.9. The maximum absolute atomic E-state index is 2.50. The Hall–Kier alpha value is -4.96. The molecule has 10 rings (SSSR count). The number of fused-ring (bicyclic) bond motifs is 12. The lowest BCUT2D eigenvalue weighted by molar-refractivity contribution is 1.12. The minimum absolute atomic E-state index is 1.18. The first-order chi connectivity index (χ1) is 22.3. The summed E-state index contributed by atoms with van der Waals surface area (Å²) in [5, 5.41) is 10.4. The summed E-state index contributed by atoms with van der Waals surface area (Å²) < 4.78 is 2.50. The number of nitrogens with zero attached hydrogens (tertiary/aromatic N) is 1. The van der Waals surface area contributed by atoms with Crippen molar-refractivity contribution in [3.63, 3.8) is 0 Å². The van der Waals surface area contributed by atoms with Gasteiger partial charge in [0.2, 0.25) is 0 Å². The average Bonchev–Trinajstić information content (AvgIpc) is 3.46. The zero-order valence-electron chi connectivity index (χ0n) is 24.2. The standard InChI is InChI=1S/C42H25NS2/c1-2-12-29-27(11-1)25-35(31-14-4-3-13-30(29)31)26-21-23-28(24-22-26)43-36-18-8-7-17-34(36)39-32-15-5-6-16-33(32)41-42(40(39)43)45-38-20-10-9-19-37(38)44-41/h1-25H. The number of rotatable bonds is 2. The Balaban J connectivity index is 1.24. The van der Waals surface area contributed by atoms with Crippen molar-refractivity contribution in [2.75, 3.05) is 0 Å². The van der Waals surface area contributed by atoms with Gasteiger partial charge in [-0.15, -0.1) is 0 Å². The van der Waals surface area contributed by atoms with Gasteiger partial charge in [0.1, 0.15) is 0 Å². The second-order valence-electron chi connectivity index (χ2n) is 11.7. The third-order valence-electron chi connectivity index (χ3n) is 9.21. The van der Waals surface area contributed by atoms with Crippen molar-refractivity contribution in [1.29, 1.82) is 0 Å². The van der Waals surface area contributed by atoms with E-state index in [1.165, 1.54) is 90.5 Å². The summed E-state index contributed by atoms with van der Waals surface area (Å²) in [6.07, 6.45) is 0. The molecular weight excluding hydrogens is 583 g/mol. The van der Waals surface area contributed by atoms with Crippen LogP contribution in [0.4, 0.5) is 0 Å². The maximum atomic E-state index is 2.50. The Morgan fingerprint density at radius 1 is 0.422 bits per heavy atom. The second kappa shape index (κ2) is 9.77. The number of hydrogen-bond donors (Lipinski definition) is 0. The van der Waals surface area contributed by atoms with E-state index in [1.807, 2.05) is 23.5 Å². The minimum atomic E-state index is 1.18. The highest BCUT2D eigenvalue weighted by Gasteiger charge is 2.27. The molecular formula is C42H25NS2. The number of hydrogen-bond acceptors (Lipinski definition) is 2. The van der Waals surface area contributed by atoms with E-state index in [0.717, 1.165) is 0 Å². The normalized spacial score (nSPS) is 12.7. The molecule has 1 aliphatic heterocycles. The maximum Gasteiger partial charge on any atom is 0.0698 e. The molecule has 2 heterocycles. The lowest BCUT2D eigenvalue weighted by Gasteiger charge is -2.22. The predicted molar refractivity (Wildman–Crippen MR) is 193 cm³/mol. The molecule has 0 radical (unpaired) electrons. The highest BCUT2D eigenvalue weighted by atomic mass is 32.2. The van der Waals surface area contributed by atoms with E-state index in [4.69, 9.17) is 0 Å². The van der Waals surface area contributed by atoms with Crippen LogP contribution in [0, 0.1) is 0 Å². The van der Waals surface area contributed by atoms with Crippen LogP contribution in [0.2, 0.25) is 0 Å². The van der Waals surface area contributed by atoms with Crippen LogP contribution in [0.5, 0.6) is 0 Å². The Morgan fingerprint density at radius 2 is 1.00 bits per heavy atom. The van der Waals surface area contributed by atoms with E-state index in [0.29, 0.717) is 0 Å². The second-order valence-corrected chi connectivity index (χ2v) is 13.8. The first kappa shape index (κ1) is 25.4. The van der Waals surface area contributed by atoms with E-state index < -0.39 is 0 Å². The van der Waals surface area contributed by atoms with Crippen molar-refractivity contribution in [3.05, 3.63) is 152 Å². The van der Waals surface area contributed by atoms with Crippen molar-refractivity contribution >= 4 is 77.6 Å². The molecule has 0 N–H and O–H groups in total. The SMILES string of the molecule is c1ccc2c(c1)Sc1c(c3c(c4ccccc14)c1ccccc1n3-c1ccc(-c3cc4ccccc4c4ccccc34)cc1)S2. The Kier molecular flexibility index (Phi) is 5.51. The van der Waals surface area contributed by atoms with Crippen molar-refractivity contribution in [1.82, 2.24) is 4.57 Å². The number of aromatic nitrogens is 1. The topological polar surface area (TPSA) is 4.93 Å². The van der Waals surface area contributed by atoms with Crippen LogP contribution in [0.1, 0.15) is 0 Å². The molecule has 0 atom stereocenters.